The zero-order valence-corrected chi connectivity index (χ0v) is 14.7. The molecule has 1 atom stereocenters. The average Bonchev–Trinajstić information content (AvgIpc) is 3.13. The molecular formula is C19H26N4O2. The normalized spacial score (nSPS) is 17.5. The quantitative estimate of drug-likeness (QED) is 0.878. The molecule has 1 saturated heterocycles. The molecular weight excluding hydrogens is 316 g/mol. The van der Waals surface area contributed by atoms with Crippen molar-refractivity contribution < 1.29 is 9.53 Å². The van der Waals surface area contributed by atoms with E-state index in [9.17, 15) is 4.79 Å². The molecule has 25 heavy (non-hydrogen) atoms. The summed E-state index contributed by atoms with van der Waals surface area (Å²) in [6.45, 7) is 5.44. The average molecular weight is 342 g/mol. The standard InChI is InChI=1S/C19H26N4O2/c1-2-25-18-8-4-10-22(15-18)19(24)20-13-16-6-3-7-17(12-16)14-23-11-5-9-21-23/h3,5-7,9,11-12,18H,2,4,8,10,13-15H2,1H3,(H,20,24). The highest BCUT2D eigenvalue weighted by atomic mass is 16.5. The molecule has 6 nitrogen and oxygen atoms in total. The van der Waals surface area contributed by atoms with Gasteiger partial charge in [-0.3, -0.25) is 4.68 Å². The lowest BCUT2D eigenvalue weighted by atomic mass is 10.1. The number of nitrogens with zero attached hydrogens (tertiary/aromatic N) is 3. The fourth-order valence-corrected chi connectivity index (χ4v) is 3.20. The third kappa shape index (κ3) is 5.06. The van der Waals surface area contributed by atoms with Crippen molar-refractivity contribution in [3.63, 3.8) is 0 Å². The van der Waals surface area contributed by atoms with E-state index in [-0.39, 0.29) is 12.1 Å². The minimum Gasteiger partial charge on any atom is -0.377 e. The Labute approximate surface area is 148 Å². The fraction of sp³-hybridized carbons (Fsp3) is 0.474. The molecule has 0 bridgehead atoms. The molecule has 1 aliphatic rings. The minimum absolute atomic E-state index is 0.0121. The predicted octanol–water partition coefficient (Wildman–Crippen LogP) is 2.64. The van der Waals surface area contributed by atoms with E-state index < -0.39 is 0 Å². The van der Waals surface area contributed by atoms with Crippen LogP contribution >= 0.6 is 0 Å². The summed E-state index contributed by atoms with van der Waals surface area (Å²) in [5, 5.41) is 7.25. The molecule has 1 aliphatic heterocycles. The van der Waals surface area contributed by atoms with Crippen LogP contribution in [0.4, 0.5) is 4.79 Å². The van der Waals surface area contributed by atoms with Gasteiger partial charge in [0.05, 0.1) is 12.6 Å². The van der Waals surface area contributed by atoms with Gasteiger partial charge in [-0.25, -0.2) is 4.79 Å². The lowest BCUT2D eigenvalue weighted by Crippen LogP contribution is -2.47. The summed E-state index contributed by atoms with van der Waals surface area (Å²) in [5.74, 6) is 0. The van der Waals surface area contributed by atoms with E-state index in [0.717, 1.165) is 31.5 Å². The van der Waals surface area contributed by atoms with Crippen LogP contribution in [0.3, 0.4) is 0 Å². The third-order valence-electron chi connectivity index (χ3n) is 4.41. The number of benzene rings is 1. The van der Waals surface area contributed by atoms with Gasteiger partial charge in [-0.15, -0.1) is 0 Å². The van der Waals surface area contributed by atoms with Crippen LogP contribution in [0.2, 0.25) is 0 Å². The monoisotopic (exact) mass is 342 g/mol. The van der Waals surface area contributed by atoms with E-state index >= 15 is 0 Å². The topological polar surface area (TPSA) is 59.4 Å². The second kappa shape index (κ2) is 8.67. The number of ether oxygens (including phenoxy) is 1. The second-order valence-electron chi connectivity index (χ2n) is 6.35. The van der Waals surface area contributed by atoms with Gasteiger partial charge in [0.15, 0.2) is 0 Å². The van der Waals surface area contributed by atoms with Crippen LogP contribution in [-0.4, -0.2) is 46.5 Å². The fourth-order valence-electron chi connectivity index (χ4n) is 3.20. The summed E-state index contributed by atoms with van der Waals surface area (Å²) in [6, 6.07) is 10.1. The number of hydrogen-bond donors (Lipinski definition) is 1. The number of carbonyl (C=O) groups is 1. The number of aromatic nitrogens is 2. The van der Waals surface area contributed by atoms with Gasteiger partial charge in [-0.2, -0.15) is 5.10 Å². The summed E-state index contributed by atoms with van der Waals surface area (Å²) < 4.78 is 7.55. The van der Waals surface area contributed by atoms with Crippen LogP contribution in [0.15, 0.2) is 42.7 Å². The third-order valence-corrected chi connectivity index (χ3v) is 4.41. The van der Waals surface area contributed by atoms with Crippen molar-refractivity contribution in [3.05, 3.63) is 53.9 Å². The zero-order chi connectivity index (χ0) is 17.5. The molecule has 2 heterocycles. The highest BCUT2D eigenvalue weighted by molar-refractivity contribution is 5.74. The van der Waals surface area contributed by atoms with Crippen molar-refractivity contribution in [2.75, 3.05) is 19.7 Å². The molecule has 1 aromatic heterocycles. The molecule has 2 amide bonds. The molecule has 1 N–H and O–H groups in total. The molecule has 1 unspecified atom stereocenters. The van der Waals surface area contributed by atoms with Crippen LogP contribution in [0, 0.1) is 0 Å². The van der Waals surface area contributed by atoms with Crippen molar-refractivity contribution in [1.29, 1.82) is 0 Å². The number of amides is 2. The molecule has 0 radical (unpaired) electrons. The molecule has 2 aromatic rings. The van der Waals surface area contributed by atoms with Crippen molar-refractivity contribution in [3.8, 4) is 0 Å². The SMILES string of the molecule is CCOC1CCCN(C(=O)NCc2cccc(Cn3cccn3)c2)C1. The molecule has 0 spiro atoms. The molecule has 134 valence electrons. The van der Waals surface area contributed by atoms with Crippen molar-refractivity contribution in [2.24, 2.45) is 0 Å². The lowest BCUT2D eigenvalue weighted by Gasteiger charge is -2.32. The molecule has 6 heteroatoms. The Balaban J connectivity index is 1.51. The lowest BCUT2D eigenvalue weighted by molar-refractivity contribution is 0.0164. The molecule has 1 aromatic carbocycles. The van der Waals surface area contributed by atoms with Crippen LogP contribution in [0.1, 0.15) is 30.9 Å². The molecule has 1 fully saturated rings. The van der Waals surface area contributed by atoms with Gasteiger partial charge in [0.1, 0.15) is 0 Å². The van der Waals surface area contributed by atoms with Gasteiger partial charge in [0.2, 0.25) is 0 Å². The zero-order valence-electron chi connectivity index (χ0n) is 14.7. The highest BCUT2D eigenvalue weighted by Crippen LogP contribution is 2.13. The first-order chi connectivity index (χ1) is 12.2. The second-order valence-corrected chi connectivity index (χ2v) is 6.35. The largest absolute Gasteiger partial charge is 0.377 e. The van der Waals surface area contributed by atoms with Crippen molar-refractivity contribution in [1.82, 2.24) is 20.0 Å². The van der Waals surface area contributed by atoms with Gasteiger partial charge in [-0.1, -0.05) is 24.3 Å². The number of carbonyl (C=O) groups excluding carboxylic acids is 1. The van der Waals surface area contributed by atoms with Crippen LogP contribution in [-0.2, 0) is 17.8 Å². The maximum atomic E-state index is 12.4. The maximum absolute atomic E-state index is 12.4. The Morgan fingerprint density at radius 2 is 2.24 bits per heavy atom. The van der Waals surface area contributed by atoms with Crippen LogP contribution in [0.25, 0.3) is 0 Å². The smallest absolute Gasteiger partial charge is 0.317 e. The van der Waals surface area contributed by atoms with E-state index in [2.05, 4.69) is 22.5 Å². The van der Waals surface area contributed by atoms with Crippen molar-refractivity contribution >= 4 is 6.03 Å². The Morgan fingerprint density at radius 1 is 1.36 bits per heavy atom. The summed E-state index contributed by atoms with van der Waals surface area (Å²) in [4.78, 5) is 14.3. The first-order valence-corrected chi connectivity index (χ1v) is 8.94. The minimum atomic E-state index is -0.0121. The van der Waals surface area contributed by atoms with Crippen LogP contribution < -0.4 is 5.32 Å². The van der Waals surface area contributed by atoms with Gasteiger partial charge in [0, 0.05) is 38.6 Å². The number of nitrogens with one attached hydrogen (secondary N) is 1. The van der Waals surface area contributed by atoms with E-state index in [1.54, 1.807) is 6.20 Å². The van der Waals surface area contributed by atoms with Gasteiger partial charge < -0.3 is 15.0 Å². The van der Waals surface area contributed by atoms with E-state index in [1.165, 1.54) is 5.56 Å². The van der Waals surface area contributed by atoms with Gasteiger partial charge in [0.25, 0.3) is 0 Å². The predicted molar refractivity (Wildman–Crippen MR) is 96.2 cm³/mol. The Kier molecular flexibility index (Phi) is 6.06. The van der Waals surface area contributed by atoms with E-state index in [4.69, 9.17) is 4.74 Å². The summed E-state index contributed by atoms with van der Waals surface area (Å²) in [5.41, 5.74) is 2.27. The highest BCUT2D eigenvalue weighted by Gasteiger charge is 2.23. The summed E-state index contributed by atoms with van der Waals surface area (Å²) in [7, 11) is 0. The van der Waals surface area contributed by atoms with Crippen LogP contribution in [0.5, 0.6) is 0 Å². The van der Waals surface area contributed by atoms with Gasteiger partial charge >= 0.3 is 6.03 Å². The first-order valence-electron chi connectivity index (χ1n) is 8.94. The molecule has 3 rings (SSSR count). The number of urea groups is 1. The number of hydrogen-bond acceptors (Lipinski definition) is 3. The Hall–Kier alpha value is -2.34. The first kappa shape index (κ1) is 17.5. The van der Waals surface area contributed by atoms with Gasteiger partial charge in [-0.05, 0) is 37.0 Å². The summed E-state index contributed by atoms with van der Waals surface area (Å²) in [6.07, 6.45) is 5.92. The number of likely N-dealkylation sites (tertiary alicyclic amines) is 1. The Morgan fingerprint density at radius 3 is 3.04 bits per heavy atom. The summed E-state index contributed by atoms with van der Waals surface area (Å²) >= 11 is 0. The Bertz CT molecular complexity index is 670. The molecule has 0 aliphatic carbocycles. The van der Waals surface area contributed by atoms with E-state index in [1.807, 2.05) is 40.9 Å². The number of rotatable bonds is 6. The number of piperidine rings is 1. The van der Waals surface area contributed by atoms with E-state index in [0.29, 0.717) is 19.7 Å². The molecule has 0 saturated carbocycles. The van der Waals surface area contributed by atoms with Crippen molar-refractivity contribution in [2.45, 2.75) is 39.0 Å². The maximum Gasteiger partial charge on any atom is 0.317 e.